The van der Waals surface area contributed by atoms with Crippen molar-refractivity contribution in [2.75, 3.05) is 40.0 Å². The summed E-state index contributed by atoms with van der Waals surface area (Å²) < 4.78 is 4.79. The van der Waals surface area contributed by atoms with Crippen LogP contribution in [0.4, 0.5) is 4.79 Å². The zero-order valence-electron chi connectivity index (χ0n) is 12.6. The van der Waals surface area contributed by atoms with E-state index in [0.717, 1.165) is 12.8 Å². The monoisotopic (exact) mass is 289 g/mol. The zero-order chi connectivity index (χ0) is 15.4. The highest BCUT2D eigenvalue weighted by Gasteiger charge is 2.18. The van der Waals surface area contributed by atoms with Gasteiger partial charge in [-0.1, -0.05) is 13.8 Å². The van der Waals surface area contributed by atoms with Crippen molar-refractivity contribution in [1.29, 1.82) is 0 Å². The first-order chi connectivity index (χ1) is 9.58. The van der Waals surface area contributed by atoms with Crippen LogP contribution < -0.4 is 10.6 Å². The summed E-state index contributed by atoms with van der Waals surface area (Å²) >= 11 is 0. The molecule has 0 saturated carbocycles. The number of nitrogens with zero attached hydrogens (tertiary/aromatic N) is 1. The molecular formula is C13H27N3O4. The molecule has 0 rings (SSSR count). The van der Waals surface area contributed by atoms with E-state index < -0.39 is 6.03 Å². The van der Waals surface area contributed by atoms with Gasteiger partial charge in [0.15, 0.2) is 0 Å². The second kappa shape index (κ2) is 11.6. The van der Waals surface area contributed by atoms with Crippen molar-refractivity contribution in [2.45, 2.75) is 32.7 Å². The molecule has 0 radical (unpaired) electrons. The number of methoxy groups -OCH3 is 1. The maximum absolute atomic E-state index is 11.8. The normalized spacial score (nSPS) is 10.9. The minimum absolute atomic E-state index is 0.0101. The molecule has 0 aliphatic carbocycles. The maximum Gasteiger partial charge on any atom is 0.321 e. The Bertz CT molecular complexity index is 283. The molecule has 0 aromatic heterocycles. The quantitative estimate of drug-likeness (QED) is 0.490. The van der Waals surface area contributed by atoms with E-state index in [1.807, 2.05) is 18.7 Å². The fourth-order valence-corrected chi connectivity index (χ4v) is 1.99. The lowest BCUT2D eigenvalue weighted by Crippen LogP contribution is -2.48. The van der Waals surface area contributed by atoms with E-state index >= 15 is 0 Å². The molecule has 20 heavy (non-hydrogen) atoms. The topological polar surface area (TPSA) is 90.9 Å². The molecule has 0 aromatic rings. The molecule has 3 amide bonds. The van der Waals surface area contributed by atoms with Crippen LogP contribution in [-0.4, -0.2) is 67.9 Å². The third-order valence-corrected chi connectivity index (χ3v) is 3.04. The Morgan fingerprint density at radius 2 is 1.95 bits per heavy atom. The highest BCUT2D eigenvalue weighted by Crippen LogP contribution is 2.07. The lowest BCUT2D eigenvalue weighted by atomic mass is 10.1. The molecule has 0 atom stereocenters. The Hall–Kier alpha value is -1.18. The molecule has 0 saturated heterocycles. The number of aliphatic hydroxyl groups excluding tert-OH is 1. The van der Waals surface area contributed by atoms with Crippen LogP contribution in [0.15, 0.2) is 0 Å². The number of ether oxygens (including phenoxy) is 1. The highest BCUT2D eigenvalue weighted by molar-refractivity contribution is 5.95. The van der Waals surface area contributed by atoms with Crippen LogP contribution in [0.3, 0.4) is 0 Å². The van der Waals surface area contributed by atoms with Crippen molar-refractivity contribution < 1.29 is 19.4 Å². The van der Waals surface area contributed by atoms with Crippen LogP contribution in [0.5, 0.6) is 0 Å². The molecule has 118 valence electrons. The van der Waals surface area contributed by atoms with Crippen LogP contribution in [-0.2, 0) is 9.53 Å². The number of hydrogen-bond donors (Lipinski definition) is 3. The van der Waals surface area contributed by atoms with Crippen LogP contribution in [0.2, 0.25) is 0 Å². The molecule has 3 N–H and O–H groups in total. The summed E-state index contributed by atoms with van der Waals surface area (Å²) in [6.07, 6.45) is 1.79. The SMILES string of the molecule is CCC(CC)N(CCO)CC(=O)NC(=O)NCCOC. The Morgan fingerprint density at radius 3 is 2.45 bits per heavy atom. The van der Waals surface area contributed by atoms with Gasteiger partial charge in [0.1, 0.15) is 0 Å². The van der Waals surface area contributed by atoms with Gasteiger partial charge < -0.3 is 15.2 Å². The molecule has 7 heteroatoms. The molecule has 0 aliphatic heterocycles. The Morgan fingerprint density at radius 1 is 1.30 bits per heavy atom. The maximum atomic E-state index is 11.8. The van der Waals surface area contributed by atoms with Crippen LogP contribution >= 0.6 is 0 Å². The minimum Gasteiger partial charge on any atom is -0.395 e. The molecule has 0 bridgehead atoms. The predicted molar refractivity (Wildman–Crippen MR) is 76.4 cm³/mol. The van der Waals surface area contributed by atoms with Crippen LogP contribution in [0.25, 0.3) is 0 Å². The minimum atomic E-state index is -0.527. The molecule has 7 nitrogen and oxygen atoms in total. The number of aliphatic hydroxyl groups is 1. The zero-order valence-corrected chi connectivity index (χ0v) is 12.6. The molecule has 0 fully saturated rings. The van der Waals surface area contributed by atoms with Crippen molar-refractivity contribution in [3.63, 3.8) is 0 Å². The fraction of sp³-hybridized carbons (Fsp3) is 0.846. The largest absolute Gasteiger partial charge is 0.395 e. The Labute approximate surface area is 120 Å². The summed E-state index contributed by atoms with van der Waals surface area (Å²) in [6.45, 7) is 5.33. The second-order valence-corrected chi connectivity index (χ2v) is 4.46. The Kier molecular flexibility index (Phi) is 10.9. The first kappa shape index (κ1) is 18.8. The smallest absolute Gasteiger partial charge is 0.321 e. The summed E-state index contributed by atoms with van der Waals surface area (Å²) in [5, 5.41) is 13.8. The van der Waals surface area contributed by atoms with E-state index in [9.17, 15) is 9.59 Å². The number of carbonyl (C=O) groups excluding carboxylic acids is 2. The number of rotatable bonds is 10. The van der Waals surface area contributed by atoms with Crippen molar-refractivity contribution in [3.8, 4) is 0 Å². The van der Waals surface area contributed by atoms with Gasteiger partial charge in [0, 0.05) is 26.2 Å². The third-order valence-electron chi connectivity index (χ3n) is 3.04. The first-order valence-corrected chi connectivity index (χ1v) is 7.00. The summed E-state index contributed by atoms with van der Waals surface area (Å²) in [5.41, 5.74) is 0. The van der Waals surface area contributed by atoms with Crippen molar-refractivity contribution in [3.05, 3.63) is 0 Å². The average Bonchev–Trinajstić information content (AvgIpc) is 2.40. The summed E-state index contributed by atoms with van der Waals surface area (Å²) in [6, 6.07) is -0.301. The summed E-state index contributed by atoms with van der Waals surface area (Å²) in [7, 11) is 1.53. The number of hydrogen-bond acceptors (Lipinski definition) is 5. The van der Waals surface area contributed by atoms with Crippen LogP contribution in [0.1, 0.15) is 26.7 Å². The number of imide groups is 1. The van der Waals surface area contributed by atoms with Crippen molar-refractivity contribution in [1.82, 2.24) is 15.5 Å². The van der Waals surface area contributed by atoms with E-state index in [0.29, 0.717) is 19.7 Å². The molecular weight excluding hydrogens is 262 g/mol. The highest BCUT2D eigenvalue weighted by atomic mass is 16.5. The van der Waals surface area contributed by atoms with Gasteiger partial charge in [0.05, 0.1) is 19.8 Å². The lowest BCUT2D eigenvalue weighted by molar-refractivity contribution is -0.121. The van der Waals surface area contributed by atoms with E-state index in [1.165, 1.54) is 7.11 Å². The predicted octanol–water partition coefficient (Wildman–Crippen LogP) is -0.0585. The van der Waals surface area contributed by atoms with Gasteiger partial charge in [-0.25, -0.2) is 4.79 Å². The number of nitrogens with one attached hydrogen (secondary N) is 2. The fourth-order valence-electron chi connectivity index (χ4n) is 1.99. The second-order valence-electron chi connectivity index (χ2n) is 4.46. The summed E-state index contributed by atoms with van der Waals surface area (Å²) in [5.74, 6) is -0.375. The van der Waals surface area contributed by atoms with Gasteiger partial charge >= 0.3 is 6.03 Å². The summed E-state index contributed by atoms with van der Waals surface area (Å²) in [4.78, 5) is 25.1. The first-order valence-electron chi connectivity index (χ1n) is 7.00. The van der Waals surface area contributed by atoms with Gasteiger partial charge in [-0.2, -0.15) is 0 Å². The third kappa shape index (κ3) is 8.08. The number of amides is 3. The van der Waals surface area contributed by atoms with Crippen molar-refractivity contribution in [2.24, 2.45) is 0 Å². The van der Waals surface area contributed by atoms with E-state index in [-0.39, 0.29) is 25.1 Å². The van der Waals surface area contributed by atoms with Gasteiger partial charge in [-0.15, -0.1) is 0 Å². The Balaban J connectivity index is 4.21. The molecule has 0 spiro atoms. The average molecular weight is 289 g/mol. The van der Waals surface area contributed by atoms with Gasteiger partial charge in [-0.3, -0.25) is 15.0 Å². The molecule has 0 aliphatic rings. The van der Waals surface area contributed by atoms with E-state index in [2.05, 4.69) is 10.6 Å². The van der Waals surface area contributed by atoms with Gasteiger partial charge in [0.25, 0.3) is 0 Å². The van der Waals surface area contributed by atoms with Gasteiger partial charge in [0.2, 0.25) is 5.91 Å². The molecule has 0 unspecified atom stereocenters. The van der Waals surface area contributed by atoms with Crippen molar-refractivity contribution >= 4 is 11.9 Å². The lowest BCUT2D eigenvalue weighted by Gasteiger charge is -2.28. The standard InChI is InChI=1S/C13H27N3O4/c1-4-11(5-2)16(7-8-17)10-12(18)15-13(19)14-6-9-20-3/h11,17H,4-10H2,1-3H3,(H2,14,15,18,19). The van der Waals surface area contributed by atoms with Crippen LogP contribution in [0, 0.1) is 0 Å². The van der Waals surface area contributed by atoms with E-state index in [4.69, 9.17) is 9.84 Å². The molecule has 0 heterocycles. The molecule has 0 aromatic carbocycles. The van der Waals surface area contributed by atoms with Gasteiger partial charge in [-0.05, 0) is 12.8 Å². The number of carbonyl (C=O) groups is 2. The van der Waals surface area contributed by atoms with E-state index in [1.54, 1.807) is 0 Å². The number of urea groups is 1.